The molecule has 1 aliphatic heterocycles. The summed E-state index contributed by atoms with van der Waals surface area (Å²) in [6.07, 6.45) is 2.64. The molecular weight excluding hydrogens is 334 g/mol. The van der Waals surface area contributed by atoms with Gasteiger partial charge in [0.1, 0.15) is 0 Å². The van der Waals surface area contributed by atoms with E-state index in [9.17, 15) is 9.59 Å². The van der Waals surface area contributed by atoms with Crippen LogP contribution in [0.25, 0.3) is 10.9 Å². The normalized spacial score (nSPS) is 17.8. The minimum atomic E-state index is -0.0321. The van der Waals surface area contributed by atoms with Gasteiger partial charge in [0.2, 0.25) is 5.91 Å². The number of thioether (sulfide) groups is 1. The van der Waals surface area contributed by atoms with Crippen molar-refractivity contribution in [3.05, 3.63) is 40.2 Å². The van der Waals surface area contributed by atoms with Crippen LogP contribution in [-0.4, -0.2) is 53.6 Å². The van der Waals surface area contributed by atoms with E-state index in [1.165, 1.54) is 0 Å². The zero-order valence-electron chi connectivity index (χ0n) is 15.0. The standard InChI is InChI=1S/C19H25N3O2S/c1-4-22-11-13(7-18(22)23)10-21(2)12-15-8-14-5-6-16(25-3)9-17(14)20-19(15)24/h5-6,8-9,13H,4,7,10-12H2,1-3H3,(H,20,24)/t13-/m0/s1. The van der Waals surface area contributed by atoms with Crippen LogP contribution in [-0.2, 0) is 11.3 Å². The fourth-order valence-electron chi connectivity index (χ4n) is 3.55. The molecule has 0 saturated carbocycles. The topological polar surface area (TPSA) is 56.4 Å². The molecule has 5 nitrogen and oxygen atoms in total. The zero-order chi connectivity index (χ0) is 18.0. The number of H-pyrrole nitrogens is 1. The van der Waals surface area contributed by atoms with E-state index < -0.39 is 0 Å². The van der Waals surface area contributed by atoms with E-state index in [0.29, 0.717) is 18.9 Å². The van der Waals surface area contributed by atoms with Gasteiger partial charge in [-0.25, -0.2) is 0 Å². The molecule has 1 fully saturated rings. The highest BCUT2D eigenvalue weighted by atomic mass is 32.2. The summed E-state index contributed by atoms with van der Waals surface area (Å²) < 4.78 is 0. The van der Waals surface area contributed by atoms with Gasteiger partial charge in [-0.05, 0) is 49.7 Å². The highest BCUT2D eigenvalue weighted by Crippen LogP contribution is 2.21. The third-order valence-corrected chi connectivity index (χ3v) is 5.54. The van der Waals surface area contributed by atoms with Crippen molar-refractivity contribution in [2.24, 2.45) is 5.92 Å². The largest absolute Gasteiger partial charge is 0.343 e. The summed E-state index contributed by atoms with van der Waals surface area (Å²) in [6, 6.07) is 8.11. The molecule has 1 atom stereocenters. The lowest BCUT2D eigenvalue weighted by atomic mass is 10.1. The number of benzene rings is 1. The molecule has 2 aromatic rings. The van der Waals surface area contributed by atoms with E-state index in [1.807, 2.05) is 37.3 Å². The van der Waals surface area contributed by atoms with Crippen LogP contribution in [0.4, 0.5) is 0 Å². The predicted molar refractivity (Wildman–Crippen MR) is 103 cm³/mol. The van der Waals surface area contributed by atoms with Crippen LogP contribution in [0.15, 0.2) is 34.0 Å². The molecule has 0 bridgehead atoms. The van der Waals surface area contributed by atoms with Crippen LogP contribution in [0.5, 0.6) is 0 Å². The first kappa shape index (κ1) is 18.0. The first-order chi connectivity index (χ1) is 12.0. The molecule has 3 rings (SSSR count). The Morgan fingerprint density at radius 2 is 2.12 bits per heavy atom. The molecule has 0 radical (unpaired) electrons. The minimum absolute atomic E-state index is 0.0321. The van der Waals surface area contributed by atoms with Crippen LogP contribution in [0.2, 0.25) is 0 Å². The number of amides is 1. The van der Waals surface area contributed by atoms with E-state index in [0.717, 1.165) is 41.0 Å². The summed E-state index contributed by atoms with van der Waals surface area (Å²) in [7, 11) is 2.01. The first-order valence-corrected chi connectivity index (χ1v) is 9.89. The lowest BCUT2D eigenvalue weighted by Gasteiger charge is -2.21. The molecule has 1 amide bonds. The Kier molecular flexibility index (Phi) is 5.49. The summed E-state index contributed by atoms with van der Waals surface area (Å²) in [5, 5.41) is 1.05. The third-order valence-electron chi connectivity index (χ3n) is 4.82. The Hall–Kier alpha value is -1.79. The van der Waals surface area contributed by atoms with Gasteiger partial charge in [0.25, 0.3) is 5.56 Å². The summed E-state index contributed by atoms with van der Waals surface area (Å²) >= 11 is 1.66. The van der Waals surface area contributed by atoms with E-state index in [2.05, 4.69) is 22.0 Å². The summed E-state index contributed by atoms with van der Waals surface area (Å²) in [5.41, 5.74) is 1.61. The van der Waals surface area contributed by atoms with Gasteiger partial charge in [-0.3, -0.25) is 9.59 Å². The Labute approximate surface area is 152 Å². The molecule has 1 aromatic heterocycles. The van der Waals surface area contributed by atoms with Gasteiger partial charge in [-0.2, -0.15) is 0 Å². The molecule has 1 aliphatic rings. The van der Waals surface area contributed by atoms with Crippen LogP contribution < -0.4 is 5.56 Å². The van der Waals surface area contributed by atoms with E-state index in [-0.39, 0.29) is 11.5 Å². The van der Waals surface area contributed by atoms with Crippen molar-refractivity contribution < 1.29 is 4.79 Å². The number of aromatic amines is 1. The van der Waals surface area contributed by atoms with Crippen LogP contribution in [0.3, 0.4) is 0 Å². The number of hydrogen-bond acceptors (Lipinski definition) is 4. The lowest BCUT2D eigenvalue weighted by Crippen LogP contribution is -2.30. The average Bonchev–Trinajstić information content (AvgIpc) is 2.94. The maximum absolute atomic E-state index is 12.4. The van der Waals surface area contributed by atoms with Crippen molar-refractivity contribution in [2.75, 3.05) is 32.9 Å². The number of aromatic nitrogens is 1. The molecule has 0 aliphatic carbocycles. The molecule has 25 heavy (non-hydrogen) atoms. The monoisotopic (exact) mass is 359 g/mol. The number of nitrogens with zero attached hydrogens (tertiary/aromatic N) is 2. The van der Waals surface area contributed by atoms with Crippen LogP contribution in [0.1, 0.15) is 18.9 Å². The van der Waals surface area contributed by atoms with Gasteiger partial charge < -0.3 is 14.8 Å². The summed E-state index contributed by atoms with van der Waals surface area (Å²) in [4.78, 5) is 32.4. The van der Waals surface area contributed by atoms with Crippen LogP contribution >= 0.6 is 11.8 Å². The molecule has 1 aromatic carbocycles. The van der Waals surface area contributed by atoms with Gasteiger partial charge in [0.15, 0.2) is 0 Å². The summed E-state index contributed by atoms with van der Waals surface area (Å²) in [5.74, 6) is 0.593. The number of hydrogen-bond donors (Lipinski definition) is 1. The van der Waals surface area contributed by atoms with E-state index in [4.69, 9.17) is 0 Å². The highest BCUT2D eigenvalue weighted by Gasteiger charge is 2.29. The molecule has 1 N–H and O–H groups in total. The molecule has 134 valence electrons. The highest BCUT2D eigenvalue weighted by molar-refractivity contribution is 7.98. The quantitative estimate of drug-likeness (QED) is 0.806. The summed E-state index contributed by atoms with van der Waals surface area (Å²) in [6.45, 7) is 5.03. The molecule has 6 heteroatoms. The number of rotatable bonds is 6. The lowest BCUT2D eigenvalue weighted by molar-refractivity contribution is -0.127. The maximum Gasteiger partial charge on any atom is 0.252 e. The van der Waals surface area contributed by atoms with Crippen molar-refractivity contribution in [2.45, 2.75) is 24.8 Å². The number of pyridine rings is 1. The maximum atomic E-state index is 12.4. The Balaban J connectivity index is 1.71. The SMILES string of the molecule is CCN1C[C@H](CN(C)Cc2cc3ccc(SC)cc3[nH]c2=O)CC1=O. The Morgan fingerprint density at radius 1 is 1.32 bits per heavy atom. The molecule has 0 unspecified atom stereocenters. The number of carbonyl (C=O) groups is 1. The van der Waals surface area contributed by atoms with Crippen molar-refractivity contribution in [3.63, 3.8) is 0 Å². The van der Waals surface area contributed by atoms with Gasteiger partial charge in [0, 0.05) is 48.6 Å². The molecular formula is C19H25N3O2S. The fraction of sp³-hybridized carbons (Fsp3) is 0.474. The first-order valence-electron chi connectivity index (χ1n) is 8.66. The number of likely N-dealkylation sites (tertiary alicyclic amines) is 1. The Morgan fingerprint density at radius 3 is 2.80 bits per heavy atom. The van der Waals surface area contributed by atoms with Gasteiger partial charge >= 0.3 is 0 Å². The van der Waals surface area contributed by atoms with Crippen LogP contribution in [0, 0.1) is 5.92 Å². The second-order valence-electron chi connectivity index (χ2n) is 6.78. The Bertz CT molecular complexity index is 833. The predicted octanol–water partition coefficient (Wildman–Crippen LogP) is 2.55. The molecule has 2 heterocycles. The zero-order valence-corrected chi connectivity index (χ0v) is 15.9. The van der Waals surface area contributed by atoms with Crippen molar-refractivity contribution in [1.29, 1.82) is 0 Å². The molecule has 0 spiro atoms. The smallest absolute Gasteiger partial charge is 0.252 e. The van der Waals surface area contributed by atoms with Crippen molar-refractivity contribution in [1.82, 2.24) is 14.8 Å². The van der Waals surface area contributed by atoms with Gasteiger partial charge in [0.05, 0.1) is 0 Å². The number of fused-ring (bicyclic) bond motifs is 1. The average molecular weight is 359 g/mol. The van der Waals surface area contributed by atoms with Crippen molar-refractivity contribution in [3.8, 4) is 0 Å². The van der Waals surface area contributed by atoms with Gasteiger partial charge in [-0.1, -0.05) is 6.07 Å². The van der Waals surface area contributed by atoms with Crippen molar-refractivity contribution >= 4 is 28.6 Å². The number of nitrogens with one attached hydrogen (secondary N) is 1. The fourth-order valence-corrected chi connectivity index (χ4v) is 3.99. The van der Waals surface area contributed by atoms with Gasteiger partial charge in [-0.15, -0.1) is 11.8 Å². The van der Waals surface area contributed by atoms with E-state index >= 15 is 0 Å². The number of carbonyl (C=O) groups excluding carboxylic acids is 1. The molecule has 1 saturated heterocycles. The van der Waals surface area contributed by atoms with E-state index in [1.54, 1.807) is 11.8 Å². The second-order valence-corrected chi connectivity index (χ2v) is 7.66. The third kappa shape index (κ3) is 4.07. The minimum Gasteiger partial charge on any atom is -0.343 e. The second kappa shape index (κ2) is 7.62.